The van der Waals surface area contributed by atoms with Crippen LogP contribution in [0.1, 0.15) is 49.3 Å². The lowest BCUT2D eigenvalue weighted by atomic mass is 9.92. The molecule has 0 radical (unpaired) electrons. The molecule has 3 N–H and O–H groups in total. The second-order valence-corrected chi connectivity index (χ2v) is 10.1. The Bertz CT molecular complexity index is 1620. The molecular formula is C30H29F2N5O4. The number of aryl methyl sites for hydroxylation is 1. The number of carbonyl (C=O) groups is 2. The summed E-state index contributed by atoms with van der Waals surface area (Å²) in [4.78, 5) is 33.0. The van der Waals surface area contributed by atoms with Crippen LogP contribution >= 0.6 is 0 Å². The number of anilines is 2. The van der Waals surface area contributed by atoms with Crippen LogP contribution in [0.2, 0.25) is 0 Å². The fraction of sp³-hybridized carbons (Fsp3) is 0.267. The Morgan fingerprint density at radius 3 is 2.61 bits per heavy atom. The maximum atomic E-state index is 14.4. The number of amides is 2. The molecule has 2 bridgehead atoms. The van der Waals surface area contributed by atoms with Gasteiger partial charge in [-0.1, -0.05) is 19.4 Å². The molecule has 1 aliphatic heterocycles. The standard InChI is InChI=1S/C30H29F2N5O4/c1-16-6-4-7-21(25-13-10-18(15-37(25)40)26-22(31)8-5-9-23(26)32)28-33-17(2)27(36-28)20-12-11-19(34-30(39)41-3)14-24(20)35-29(16)38/h5,8-16,21H,4,6-7H2,1-3H3,(H,33,36)(H,34,39)(H,35,38). The molecule has 0 aliphatic carbocycles. The number of ether oxygens (including phenoxy) is 1. The Morgan fingerprint density at radius 1 is 1.15 bits per heavy atom. The highest BCUT2D eigenvalue weighted by molar-refractivity contribution is 5.98. The molecule has 11 heteroatoms. The van der Waals surface area contributed by atoms with Gasteiger partial charge in [-0.15, -0.1) is 0 Å². The number of aromatic nitrogens is 3. The summed E-state index contributed by atoms with van der Waals surface area (Å²) < 4.78 is 34.1. The first-order valence-electron chi connectivity index (χ1n) is 13.2. The Balaban J connectivity index is 1.59. The highest BCUT2D eigenvalue weighted by Gasteiger charge is 2.29. The summed E-state index contributed by atoms with van der Waals surface area (Å²) in [6.45, 7) is 3.67. The number of H-pyrrole nitrogens is 1. The third-order valence-corrected chi connectivity index (χ3v) is 7.33. The van der Waals surface area contributed by atoms with Gasteiger partial charge in [-0.05, 0) is 56.2 Å². The van der Waals surface area contributed by atoms with Crippen LogP contribution in [0.5, 0.6) is 0 Å². The number of nitrogens with zero attached hydrogens (tertiary/aromatic N) is 2. The van der Waals surface area contributed by atoms with Gasteiger partial charge in [0.05, 0.1) is 29.6 Å². The summed E-state index contributed by atoms with van der Waals surface area (Å²) in [5.74, 6) is -1.97. The lowest BCUT2D eigenvalue weighted by Crippen LogP contribution is -2.34. The number of pyridine rings is 1. The quantitative estimate of drug-likeness (QED) is 0.208. The van der Waals surface area contributed by atoms with Crippen molar-refractivity contribution in [2.45, 2.75) is 39.0 Å². The molecule has 0 fully saturated rings. The first kappa shape index (κ1) is 27.8. The number of nitrogens with one attached hydrogen (secondary N) is 3. The fourth-order valence-corrected chi connectivity index (χ4v) is 5.14. The Kier molecular flexibility index (Phi) is 7.69. The lowest BCUT2D eigenvalue weighted by Gasteiger charge is -2.19. The SMILES string of the molecule is COC(=O)Nc1ccc2c(c1)NC(=O)C(C)CCCC(c1ccc(-c3c(F)cccc3F)c[n+]1[O-])c1nc-2c(C)[nH]1. The molecule has 212 valence electrons. The van der Waals surface area contributed by atoms with Gasteiger partial charge < -0.3 is 20.2 Å². The van der Waals surface area contributed by atoms with E-state index in [0.717, 1.165) is 12.1 Å². The minimum absolute atomic E-state index is 0.124. The largest absolute Gasteiger partial charge is 0.618 e. The summed E-state index contributed by atoms with van der Waals surface area (Å²) in [6.07, 6.45) is 2.18. The maximum Gasteiger partial charge on any atom is 0.411 e. The van der Waals surface area contributed by atoms with Crippen molar-refractivity contribution in [2.24, 2.45) is 5.92 Å². The van der Waals surface area contributed by atoms with Crippen LogP contribution in [0, 0.1) is 29.7 Å². The minimum Gasteiger partial charge on any atom is -0.618 e. The van der Waals surface area contributed by atoms with Crippen LogP contribution in [-0.2, 0) is 9.53 Å². The maximum absolute atomic E-state index is 14.4. The molecule has 9 nitrogen and oxygen atoms in total. The van der Waals surface area contributed by atoms with Crippen LogP contribution < -0.4 is 15.4 Å². The normalized spacial score (nSPS) is 17.0. The van der Waals surface area contributed by atoms with Gasteiger partial charge in [-0.25, -0.2) is 18.6 Å². The fourth-order valence-electron chi connectivity index (χ4n) is 5.14. The van der Waals surface area contributed by atoms with Gasteiger partial charge >= 0.3 is 6.09 Å². The van der Waals surface area contributed by atoms with E-state index in [9.17, 15) is 23.6 Å². The predicted octanol–water partition coefficient (Wildman–Crippen LogP) is 6.03. The van der Waals surface area contributed by atoms with Crippen molar-refractivity contribution in [1.29, 1.82) is 0 Å². The van der Waals surface area contributed by atoms with E-state index in [1.807, 2.05) is 13.8 Å². The average molecular weight is 562 g/mol. The number of hydrogen-bond donors (Lipinski definition) is 3. The van der Waals surface area contributed by atoms with Gasteiger partial charge in [-0.2, -0.15) is 4.73 Å². The van der Waals surface area contributed by atoms with Gasteiger partial charge in [0.2, 0.25) is 11.6 Å². The molecule has 1 aliphatic rings. The van der Waals surface area contributed by atoms with Gasteiger partial charge in [-0.3, -0.25) is 10.1 Å². The Labute approximate surface area is 235 Å². The minimum atomic E-state index is -0.758. The molecule has 4 aromatic rings. The number of rotatable bonds is 3. The predicted molar refractivity (Wildman–Crippen MR) is 149 cm³/mol. The van der Waals surface area contributed by atoms with Crippen molar-refractivity contribution in [2.75, 3.05) is 17.7 Å². The summed E-state index contributed by atoms with van der Waals surface area (Å²) in [7, 11) is 1.26. The summed E-state index contributed by atoms with van der Waals surface area (Å²) in [5, 5.41) is 18.9. The van der Waals surface area contributed by atoms with Crippen molar-refractivity contribution < 1.29 is 27.8 Å². The van der Waals surface area contributed by atoms with E-state index in [-0.39, 0.29) is 23.0 Å². The molecule has 2 aromatic carbocycles. The van der Waals surface area contributed by atoms with Crippen molar-refractivity contribution in [3.63, 3.8) is 0 Å². The molecule has 0 spiro atoms. The van der Waals surface area contributed by atoms with Gasteiger partial charge in [0, 0.05) is 28.9 Å². The molecule has 0 saturated carbocycles. The van der Waals surface area contributed by atoms with Crippen LogP contribution in [0.15, 0.2) is 54.7 Å². The van der Waals surface area contributed by atoms with E-state index in [2.05, 4.69) is 20.4 Å². The number of imidazole rings is 1. The van der Waals surface area contributed by atoms with Crippen molar-refractivity contribution >= 4 is 23.4 Å². The lowest BCUT2D eigenvalue weighted by molar-refractivity contribution is -0.614. The molecule has 2 unspecified atom stereocenters. The first-order chi connectivity index (χ1) is 19.7. The van der Waals surface area contributed by atoms with Gasteiger partial charge in [0.25, 0.3) is 0 Å². The number of aromatic amines is 1. The van der Waals surface area contributed by atoms with Crippen molar-refractivity contribution in [3.8, 4) is 22.4 Å². The third kappa shape index (κ3) is 5.60. The number of methoxy groups -OCH3 is 1. The number of halogens is 2. The number of fused-ring (bicyclic) bond motifs is 4. The second-order valence-electron chi connectivity index (χ2n) is 10.1. The second kappa shape index (κ2) is 11.4. The average Bonchev–Trinajstić information content (AvgIpc) is 3.31. The number of hydrogen-bond acceptors (Lipinski definition) is 5. The highest BCUT2D eigenvalue weighted by Crippen LogP contribution is 2.36. The van der Waals surface area contributed by atoms with E-state index in [1.54, 1.807) is 24.3 Å². The number of carbonyl (C=O) groups excluding carboxylic acids is 2. The number of benzene rings is 2. The van der Waals surface area contributed by atoms with E-state index in [4.69, 9.17) is 4.98 Å². The van der Waals surface area contributed by atoms with Crippen LogP contribution in [0.3, 0.4) is 0 Å². The first-order valence-corrected chi connectivity index (χ1v) is 13.2. The Morgan fingerprint density at radius 2 is 1.90 bits per heavy atom. The zero-order valence-electron chi connectivity index (χ0n) is 22.8. The third-order valence-electron chi connectivity index (χ3n) is 7.33. The molecule has 2 amide bonds. The van der Waals surface area contributed by atoms with Crippen LogP contribution in [0.4, 0.5) is 25.0 Å². The molecule has 41 heavy (non-hydrogen) atoms. The summed E-state index contributed by atoms with van der Waals surface area (Å²) in [5.41, 5.74) is 3.02. The van der Waals surface area contributed by atoms with Crippen LogP contribution in [0.25, 0.3) is 22.4 Å². The topological polar surface area (TPSA) is 123 Å². The monoisotopic (exact) mass is 561 g/mol. The van der Waals surface area contributed by atoms with Gasteiger partial charge in [0.1, 0.15) is 23.4 Å². The van der Waals surface area contributed by atoms with E-state index in [1.165, 1.54) is 25.4 Å². The van der Waals surface area contributed by atoms with Gasteiger partial charge in [0.15, 0.2) is 6.20 Å². The smallest absolute Gasteiger partial charge is 0.411 e. The molecular weight excluding hydrogens is 532 g/mol. The summed E-state index contributed by atoms with van der Waals surface area (Å²) >= 11 is 0. The Hall–Kier alpha value is -4.80. The molecule has 2 atom stereocenters. The molecule has 2 aromatic heterocycles. The van der Waals surface area contributed by atoms with E-state index in [0.29, 0.717) is 63.8 Å². The molecule has 5 rings (SSSR count). The zero-order valence-corrected chi connectivity index (χ0v) is 22.8. The van der Waals surface area contributed by atoms with Crippen molar-refractivity contribution in [3.05, 3.63) is 88.8 Å². The molecule has 0 saturated heterocycles. The van der Waals surface area contributed by atoms with Crippen LogP contribution in [-0.4, -0.2) is 29.1 Å². The highest BCUT2D eigenvalue weighted by atomic mass is 19.1. The van der Waals surface area contributed by atoms with E-state index < -0.39 is 23.6 Å². The van der Waals surface area contributed by atoms with E-state index >= 15 is 0 Å². The molecule has 3 heterocycles. The zero-order chi connectivity index (χ0) is 29.3. The van der Waals surface area contributed by atoms with Crippen molar-refractivity contribution in [1.82, 2.24) is 9.97 Å². The summed E-state index contributed by atoms with van der Waals surface area (Å²) in [6, 6.07) is 11.7.